The number of nitrogens with zero attached hydrogens (tertiary/aromatic N) is 4. The van der Waals surface area contributed by atoms with Crippen LogP contribution in [0.3, 0.4) is 0 Å². The quantitative estimate of drug-likeness (QED) is 0.491. The van der Waals surface area contributed by atoms with Gasteiger partial charge in [0.05, 0.1) is 12.1 Å². The zero-order chi connectivity index (χ0) is 20.2. The maximum absolute atomic E-state index is 13.1. The third kappa shape index (κ3) is 4.19. The highest BCUT2D eigenvalue weighted by Crippen LogP contribution is 2.16. The molecule has 4 aromatic rings. The normalized spacial score (nSPS) is 11.1. The third-order valence-electron chi connectivity index (χ3n) is 5.03. The van der Waals surface area contributed by atoms with Crippen molar-refractivity contribution in [3.8, 4) is 0 Å². The van der Waals surface area contributed by atoms with Gasteiger partial charge in [0.25, 0.3) is 5.91 Å². The maximum atomic E-state index is 13.1. The molecule has 0 fully saturated rings. The van der Waals surface area contributed by atoms with Crippen molar-refractivity contribution in [1.82, 2.24) is 19.9 Å². The number of para-hydroxylation sites is 1. The van der Waals surface area contributed by atoms with Crippen LogP contribution in [0, 0.1) is 0 Å². The van der Waals surface area contributed by atoms with E-state index in [9.17, 15) is 4.79 Å². The number of aromatic nitrogens is 3. The molecule has 0 saturated heterocycles. The lowest BCUT2D eigenvalue weighted by molar-refractivity contribution is 0.0690. The van der Waals surface area contributed by atoms with Gasteiger partial charge in [-0.2, -0.15) is 0 Å². The molecular formula is C24H24N4O. The molecule has 1 amide bonds. The Labute approximate surface area is 170 Å². The molecule has 146 valence electrons. The van der Waals surface area contributed by atoms with Gasteiger partial charge in [0, 0.05) is 18.2 Å². The van der Waals surface area contributed by atoms with Crippen LogP contribution in [0.4, 0.5) is 0 Å². The van der Waals surface area contributed by atoms with E-state index < -0.39 is 0 Å². The summed E-state index contributed by atoms with van der Waals surface area (Å²) < 4.78 is 1.88. The highest BCUT2D eigenvalue weighted by atomic mass is 16.2. The first-order chi connectivity index (χ1) is 14.1. The smallest absolute Gasteiger partial charge is 0.254 e. The van der Waals surface area contributed by atoms with Gasteiger partial charge in [0.1, 0.15) is 5.52 Å². The fourth-order valence-corrected chi connectivity index (χ4v) is 3.39. The molecule has 0 spiro atoms. The van der Waals surface area contributed by atoms with Gasteiger partial charge >= 0.3 is 0 Å². The topological polar surface area (TPSA) is 51.0 Å². The Morgan fingerprint density at radius 3 is 2.31 bits per heavy atom. The van der Waals surface area contributed by atoms with Gasteiger partial charge in [0.2, 0.25) is 0 Å². The standard InChI is InChI=1S/C24H24N4O/c1-18(2)27(16-19-8-4-3-5-9-19)24(29)21-14-12-20(13-15-21)17-28-23-11-7-6-10-22(23)25-26-28/h3-15,18H,16-17H2,1-2H3. The molecule has 0 aliphatic heterocycles. The number of rotatable bonds is 6. The summed E-state index contributed by atoms with van der Waals surface area (Å²) in [5, 5.41) is 8.43. The van der Waals surface area contributed by atoms with Crippen LogP contribution in [0.5, 0.6) is 0 Å². The highest BCUT2D eigenvalue weighted by Gasteiger charge is 2.19. The SMILES string of the molecule is CC(C)N(Cc1ccccc1)C(=O)c1ccc(Cn2nnc3ccccc32)cc1. The number of amides is 1. The van der Waals surface area contributed by atoms with Crippen molar-refractivity contribution in [2.75, 3.05) is 0 Å². The van der Waals surface area contributed by atoms with Crippen LogP contribution in [0.2, 0.25) is 0 Å². The van der Waals surface area contributed by atoms with Crippen LogP contribution in [0.1, 0.15) is 35.3 Å². The highest BCUT2D eigenvalue weighted by molar-refractivity contribution is 5.94. The molecular weight excluding hydrogens is 360 g/mol. The molecule has 0 unspecified atom stereocenters. The molecule has 5 nitrogen and oxygen atoms in total. The predicted octanol–water partition coefficient (Wildman–Crippen LogP) is 4.53. The van der Waals surface area contributed by atoms with E-state index in [1.807, 2.05) is 102 Å². The molecule has 0 N–H and O–H groups in total. The maximum Gasteiger partial charge on any atom is 0.254 e. The van der Waals surface area contributed by atoms with Crippen molar-refractivity contribution in [2.45, 2.75) is 33.0 Å². The first-order valence-electron chi connectivity index (χ1n) is 9.84. The van der Waals surface area contributed by atoms with Crippen LogP contribution in [-0.4, -0.2) is 31.8 Å². The second-order valence-corrected chi connectivity index (χ2v) is 7.45. The largest absolute Gasteiger partial charge is 0.332 e. The van der Waals surface area contributed by atoms with Crippen LogP contribution >= 0.6 is 0 Å². The number of carbonyl (C=O) groups is 1. The molecule has 3 aromatic carbocycles. The van der Waals surface area contributed by atoms with Gasteiger partial charge in [-0.05, 0) is 49.2 Å². The van der Waals surface area contributed by atoms with Gasteiger partial charge in [-0.1, -0.05) is 59.8 Å². The summed E-state index contributed by atoms with van der Waals surface area (Å²) in [6, 6.07) is 25.9. The summed E-state index contributed by atoms with van der Waals surface area (Å²) in [6.45, 7) is 5.31. The monoisotopic (exact) mass is 384 g/mol. The van der Waals surface area contributed by atoms with E-state index >= 15 is 0 Å². The zero-order valence-corrected chi connectivity index (χ0v) is 16.7. The molecule has 0 saturated carbocycles. The Balaban J connectivity index is 1.50. The van der Waals surface area contributed by atoms with Crippen molar-refractivity contribution < 1.29 is 4.79 Å². The Morgan fingerprint density at radius 2 is 1.59 bits per heavy atom. The molecule has 0 radical (unpaired) electrons. The summed E-state index contributed by atoms with van der Waals surface area (Å²) in [5.74, 6) is 0.0432. The van der Waals surface area contributed by atoms with E-state index in [0.717, 1.165) is 22.2 Å². The summed E-state index contributed by atoms with van der Waals surface area (Å²) in [4.78, 5) is 15.0. The minimum Gasteiger partial charge on any atom is -0.332 e. The molecule has 0 aliphatic carbocycles. The Morgan fingerprint density at radius 1 is 0.897 bits per heavy atom. The summed E-state index contributed by atoms with van der Waals surface area (Å²) >= 11 is 0. The van der Waals surface area contributed by atoms with Crippen molar-refractivity contribution in [3.63, 3.8) is 0 Å². The molecule has 4 rings (SSSR count). The summed E-state index contributed by atoms with van der Waals surface area (Å²) in [7, 11) is 0. The second-order valence-electron chi connectivity index (χ2n) is 7.45. The number of hydrogen-bond donors (Lipinski definition) is 0. The van der Waals surface area contributed by atoms with E-state index in [2.05, 4.69) is 10.3 Å². The molecule has 0 bridgehead atoms. The zero-order valence-electron chi connectivity index (χ0n) is 16.7. The number of carbonyl (C=O) groups excluding carboxylic acids is 1. The van der Waals surface area contributed by atoms with E-state index in [-0.39, 0.29) is 11.9 Å². The molecule has 29 heavy (non-hydrogen) atoms. The lowest BCUT2D eigenvalue weighted by Crippen LogP contribution is -2.36. The van der Waals surface area contributed by atoms with Crippen molar-refractivity contribution in [3.05, 3.63) is 95.6 Å². The van der Waals surface area contributed by atoms with E-state index in [4.69, 9.17) is 0 Å². The van der Waals surface area contributed by atoms with E-state index in [0.29, 0.717) is 18.7 Å². The van der Waals surface area contributed by atoms with Crippen molar-refractivity contribution in [1.29, 1.82) is 0 Å². The average Bonchev–Trinajstić information content (AvgIpc) is 3.15. The van der Waals surface area contributed by atoms with Gasteiger partial charge in [-0.15, -0.1) is 5.10 Å². The van der Waals surface area contributed by atoms with Crippen molar-refractivity contribution >= 4 is 16.9 Å². The Kier molecular flexibility index (Phi) is 5.38. The number of hydrogen-bond acceptors (Lipinski definition) is 3. The number of fused-ring (bicyclic) bond motifs is 1. The van der Waals surface area contributed by atoms with Gasteiger partial charge < -0.3 is 4.90 Å². The van der Waals surface area contributed by atoms with Crippen LogP contribution in [0.15, 0.2) is 78.9 Å². The molecule has 1 aromatic heterocycles. The first kappa shape index (κ1) is 18.9. The van der Waals surface area contributed by atoms with Gasteiger partial charge in [-0.25, -0.2) is 4.68 Å². The molecule has 1 heterocycles. The van der Waals surface area contributed by atoms with Crippen LogP contribution < -0.4 is 0 Å². The van der Waals surface area contributed by atoms with Crippen LogP contribution in [0.25, 0.3) is 11.0 Å². The minimum atomic E-state index is 0.0432. The third-order valence-corrected chi connectivity index (χ3v) is 5.03. The number of benzene rings is 3. The molecule has 0 aliphatic rings. The Bertz CT molecular complexity index is 1100. The minimum absolute atomic E-state index is 0.0432. The first-order valence-corrected chi connectivity index (χ1v) is 9.84. The summed E-state index contributed by atoms with van der Waals surface area (Å²) in [5.41, 5.74) is 4.79. The fraction of sp³-hybridized carbons (Fsp3) is 0.208. The lowest BCUT2D eigenvalue weighted by Gasteiger charge is -2.27. The molecule has 5 heteroatoms. The van der Waals surface area contributed by atoms with E-state index in [1.165, 1.54) is 0 Å². The fourth-order valence-electron chi connectivity index (χ4n) is 3.39. The van der Waals surface area contributed by atoms with Gasteiger partial charge in [0.15, 0.2) is 0 Å². The summed E-state index contributed by atoms with van der Waals surface area (Å²) in [6.07, 6.45) is 0. The predicted molar refractivity (Wildman–Crippen MR) is 115 cm³/mol. The van der Waals surface area contributed by atoms with Crippen molar-refractivity contribution in [2.24, 2.45) is 0 Å². The average molecular weight is 384 g/mol. The van der Waals surface area contributed by atoms with Gasteiger partial charge in [-0.3, -0.25) is 4.79 Å². The van der Waals surface area contributed by atoms with E-state index in [1.54, 1.807) is 0 Å². The lowest BCUT2D eigenvalue weighted by atomic mass is 10.1. The second kappa shape index (κ2) is 8.27. The molecule has 0 atom stereocenters. The van der Waals surface area contributed by atoms with Crippen LogP contribution in [-0.2, 0) is 13.1 Å². The Hall–Kier alpha value is -3.47.